The number of thiophene rings is 1. The normalized spacial score (nSPS) is 16.8. The van der Waals surface area contributed by atoms with E-state index in [1.54, 1.807) is 29.6 Å². The highest BCUT2D eigenvalue weighted by molar-refractivity contribution is 8.15. The molecule has 1 aliphatic rings. The lowest BCUT2D eigenvalue weighted by Crippen LogP contribution is -2.26. The molecule has 1 unspecified atom stereocenters. The standard InChI is InChI=1S/C18H16FN3O4S3/c1-10(23)26-13-9-20-18(28-13)17-15(19)11-5-3-6-12(16(11)21-17)22(2)29(24,25)14-7-4-8-27-14/h3-8,13,21H,9H2,1-2H3. The van der Waals surface area contributed by atoms with Gasteiger partial charge in [-0.25, -0.2) is 12.8 Å². The fraction of sp³-hybridized carbons (Fsp3) is 0.222. The topological polar surface area (TPSA) is 91.8 Å². The number of benzene rings is 1. The summed E-state index contributed by atoms with van der Waals surface area (Å²) in [5, 5.41) is 2.31. The molecule has 0 fully saturated rings. The summed E-state index contributed by atoms with van der Waals surface area (Å²) in [6, 6.07) is 7.97. The Morgan fingerprint density at radius 2 is 2.14 bits per heavy atom. The predicted octanol–water partition coefficient (Wildman–Crippen LogP) is 3.58. The van der Waals surface area contributed by atoms with Crippen molar-refractivity contribution in [2.75, 3.05) is 17.9 Å². The van der Waals surface area contributed by atoms with E-state index in [-0.39, 0.29) is 21.8 Å². The van der Waals surface area contributed by atoms with Crippen LogP contribution in [0, 0.1) is 5.82 Å². The SMILES string of the molecule is CC(=O)OC1CN=C(c2[nH]c3c(N(C)S(=O)(=O)c4cccs4)cccc3c2F)S1. The van der Waals surface area contributed by atoms with E-state index in [2.05, 4.69) is 9.98 Å². The van der Waals surface area contributed by atoms with E-state index in [0.717, 1.165) is 27.4 Å². The molecule has 11 heteroatoms. The average molecular weight is 454 g/mol. The third-order valence-electron chi connectivity index (χ3n) is 4.34. The lowest BCUT2D eigenvalue weighted by Gasteiger charge is -2.19. The number of thioether (sulfide) groups is 1. The number of esters is 1. The molecule has 3 heterocycles. The minimum Gasteiger partial charge on any atom is -0.449 e. The first-order chi connectivity index (χ1) is 13.8. The Kier molecular flexibility index (Phi) is 5.13. The fourth-order valence-electron chi connectivity index (χ4n) is 2.99. The predicted molar refractivity (Wildman–Crippen MR) is 113 cm³/mol. The first kappa shape index (κ1) is 19.9. The van der Waals surface area contributed by atoms with E-state index in [1.807, 2.05) is 0 Å². The zero-order valence-corrected chi connectivity index (χ0v) is 17.8. The molecule has 1 N–H and O–H groups in total. The van der Waals surface area contributed by atoms with Crippen molar-refractivity contribution in [3.05, 3.63) is 47.2 Å². The van der Waals surface area contributed by atoms with Crippen LogP contribution in [0.1, 0.15) is 12.6 Å². The van der Waals surface area contributed by atoms with Crippen LogP contribution in [0.2, 0.25) is 0 Å². The van der Waals surface area contributed by atoms with Crippen molar-refractivity contribution in [1.29, 1.82) is 0 Å². The first-order valence-electron chi connectivity index (χ1n) is 8.50. The molecule has 7 nitrogen and oxygen atoms in total. The summed E-state index contributed by atoms with van der Waals surface area (Å²) in [6.45, 7) is 1.53. The van der Waals surface area contributed by atoms with Gasteiger partial charge in [-0.1, -0.05) is 23.9 Å². The Hall–Kier alpha value is -2.37. The Morgan fingerprint density at radius 1 is 1.34 bits per heavy atom. The molecule has 152 valence electrons. The molecule has 3 aromatic rings. The maximum Gasteiger partial charge on any atom is 0.303 e. The van der Waals surface area contributed by atoms with Gasteiger partial charge in [-0.2, -0.15) is 0 Å². The molecule has 0 amide bonds. The van der Waals surface area contributed by atoms with E-state index in [0.29, 0.717) is 16.2 Å². The number of aromatic amines is 1. The zero-order valence-electron chi connectivity index (χ0n) is 15.4. The summed E-state index contributed by atoms with van der Waals surface area (Å²) in [4.78, 5) is 18.4. The molecule has 4 rings (SSSR count). The van der Waals surface area contributed by atoms with E-state index in [1.165, 1.54) is 20.0 Å². The van der Waals surface area contributed by atoms with Gasteiger partial charge in [-0.05, 0) is 23.6 Å². The molecular weight excluding hydrogens is 437 g/mol. The smallest absolute Gasteiger partial charge is 0.303 e. The van der Waals surface area contributed by atoms with Crippen molar-refractivity contribution in [3.8, 4) is 0 Å². The van der Waals surface area contributed by atoms with Crippen molar-refractivity contribution >= 4 is 60.7 Å². The molecule has 1 aromatic carbocycles. The van der Waals surface area contributed by atoms with E-state index >= 15 is 4.39 Å². The maximum atomic E-state index is 15.1. The molecule has 1 atom stereocenters. The van der Waals surface area contributed by atoms with Crippen molar-refractivity contribution in [3.63, 3.8) is 0 Å². The number of sulfonamides is 1. The largest absolute Gasteiger partial charge is 0.449 e. The molecule has 0 saturated heterocycles. The van der Waals surface area contributed by atoms with E-state index in [9.17, 15) is 13.2 Å². The lowest BCUT2D eigenvalue weighted by atomic mass is 10.2. The van der Waals surface area contributed by atoms with Crippen LogP contribution in [0.25, 0.3) is 10.9 Å². The number of hydrogen-bond acceptors (Lipinski definition) is 7. The Labute approximate surface area is 174 Å². The number of rotatable bonds is 5. The average Bonchev–Trinajstić information content (AvgIpc) is 3.41. The number of anilines is 1. The van der Waals surface area contributed by atoms with Gasteiger partial charge in [0.1, 0.15) is 14.9 Å². The third kappa shape index (κ3) is 3.53. The number of carbonyl (C=O) groups is 1. The van der Waals surface area contributed by atoms with Crippen LogP contribution in [0.4, 0.5) is 10.1 Å². The van der Waals surface area contributed by atoms with Crippen molar-refractivity contribution in [2.24, 2.45) is 4.99 Å². The zero-order chi connectivity index (χ0) is 20.8. The highest BCUT2D eigenvalue weighted by Crippen LogP contribution is 2.35. The quantitative estimate of drug-likeness (QED) is 0.596. The second-order valence-electron chi connectivity index (χ2n) is 6.22. The van der Waals surface area contributed by atoms with Crippen LogP contribution in [0.5, 0.6) is 0 Å². The summed E-state index contributed by atoms with van der Waals surface area (Å²) in [7, 11) is -2.34. The first-order valence-corrected chi connectivity index (χ1v) is 11.7. The maximum absolute atomic E-state index is 15.1. The fourth-order valence-corrected chi connectivity index (χ4v) is 6.35. The summed E-state index contributed by atoms with van der Waals surface area (Å²) in [5.41, 5.74) is 0.312. The van der Waals surface area contributed by atoms with Gasteiger partial charge in [0, 0.05) is 19.4 Å². The van der Waals surface area contributed by atoms with Gasteiger partial charge in [-0.15, -0.1) is 11.3 Å². The van der Waals surface area contributed by atoms with Crippen LogP contribution >= 0.6 is 23.1 Å². The van der Waals surface area contributed by atoms with Gasteiger partial charge in [0.2, 0.25) is 0 Å². The van der Waals surface area contributed by atoms with Crippen LogP contribution in [-0.2, 0) is 19.6 Å². The third-order valence-corrected chi connectivity index (χ3v) is 8.54. The van der Waals surface area contributed by atoms with Crippen LogP contribution in [0.3, 0.4) is 0 Å². The number of ether oxygens (including phenoxy) is 1. The van der Waals surface area contributed by atoms with Gasteiger partial charge in [0.25, 0.3) is 10.0 Å². The minimum atomic E-state index is -3.77. The Morgan fingerprint density at radius 3 is 2.83 bits per heavy atom. The number of nitrogens with one attached hydrogen (secondary N) is 1. The number of halogens is 1. The van der Waals surface area contributed by atoms with E-state index in [4.69, 9.17) is 4.74 Å². The number of aromatic nitrogens is 1. The number of para-hydroxylation sites is 1. The molecular formula is C18H16FN3O4S3. The van der Waals surface area contributed by atoms with Crippen LogP contribution in [-0.4, -0.2) is 43.4 Å². The monoisotopic (exact) mass is 453 g/mol. The molecule has 0 radical (unpaired) electrons. The number of carbonyl (C=O) groups excluding carboxylic acids is 1. The molecule has 0 aliphatic carbocycles. The number of hydrogen-bond donors (Lipinski definition) is 1. The van der Waals surface area contributed by atoms with Crippen molar-refractivity contribution in [1.82, 2.24) is 4.98 Å². The summed E-state index contributed by atoms with van der Waals surface area (Å²) >= 11 is 2.26. The summed E-state index contributed by atoms with van der Waals surface area (Å²) in [5.74, 6) is -0.961. The number of nitrogens with zero attached hydrogens (tertiary/aromatic N) is 2. The summed E-state index contributed by atoms with van der Waals surface area (Å²) in [6.07, 6.45) is 0. The molecule has 1 aliphatic heterocycles. The van der Waals surface area contributed by atoms with E-state index < -0.39 is 27.2 Å². The highest BCUT2D eigenvalue weighted by atomic mass is 32.2. The van der Waals surface area contributed by atoms with Gasteiger partial charge >= 0.3 is 5.97 Å². The molecule has 2 aromatic heterocycles. The second kappa shape index (κ2) is 7.47. The summed E-state index contributed by atoms with van der Waals surface area (Å²) < 4.78 is 47.3. The van der Waals surface area contributed by atoms with Gasteiger partial charge < -0.3 is 9.72 Å². The number of fused-ring (bicyclic) bond motifs is 1. The second-order valence-corrected chi connectivity index (χ2v) is 10.5. The van der Waals surface area contributed by atoms with Gasteiger partial charge in [0.05, 0.1) is 17.7 Å². The lowest BCUT2D eigenvalue weighted by molar-refractivity contribution is -0.141. The highest BCUT2D eigenvalue weighted by Gasteiger charge is 2.29. The molecule has 0 saturated carbocycles. The Bertz CT molecular complexity index is 1220. The molecule has 0 bridgehead atoms. The van der Waals surface area contributed by atoms with Crippen molar-refractivity contribution < 1.29 is 22.3 Å². The van der Waals surface area contributed by atoms with Crippen LogP contribution < -0.4 is 4.31 Å². The molecule has 0 spiro atoms. The van der Waals surface area contributed by atoms with Crippen LogP contribution in [0.15, 0.2) is 44.9 Å². The van der Waals surface area contributed by atoms with Crippen molar-refractivity contribution in [2.45, 2.75) is 16.6 Å². The molecule has 29 heavy (non-hydrogen) atoms. The van der Waals surface area contributed by atoms with Gasteiger partial charge in [-0.3, -0.25) is 14.1 Å². The number of H-pyrrole nitrogens is 1. The Balaban J connectivity index is 1.74. The number of aliphatic imine (C=N–C) groups is 1. The van der Waals surface area contributed by atoms with Gasteiger partial charge in [0.15, 0.2) is 11.3 Å². The minimum absolute atomic E-state index is 0.147.